The molecule has 2 aliphatic heterocycles. The quantitative estimate of drug-likeness (QED) is 0.104. The second-order valence-electron chi connectivity index (χ2n) is 12.8. The van der Waals surface area contributed by atoms with Crippen molar-refractivity contribution in [1.29, 1.82) is 0 Å². The van der Waals surface area contributed by atoms with Crippen LogP contribution in [0, 0.1) is 0 Å². The Kier molecular flexibility index (Phi) is 16.5. The molecule has 4 N–H and O–H groups in total. The summed E-state index contributed by atoms with van der Waals surface area (Å²) in [6.07, 6.45) is 6.05. The topological polar surface area (TPSA) is 195 Å². The number of likely N-dealkylation sites (tertiary alicyclic amines) is 2. The van der Waals surface area contributed by atoms with Gasteiger partial charge < -0.3 is 48.4 Å². The van der Waals surface area contributed by atoms with Gasteiger partial charge in [-0.2, -0.15) is 0 Å². The second kappa shape index (κ2) is 21.4. The minimum Gasteiger partial charge on any atom is -0.496 e. The standard InChI is InChI=1S/C39H52N4O12/c1-5-16-54-38(48)40-30-20-28(36(46)42-14-10-12-26(42)24-44)32(50-3)22-34(30)52-18-8-7-9-19-53-35-23-33(51-4)29(21-31(35)41-39(49)55-17-6-2)37(47)43-15-11-13-27(43)25-45/h5-6,20-23,26-27,44-45H,1-2,7-19,24-25H2,3-4H3,(H,40,48)(H,41,49)/t26-,27?/m0/s1. The van der Waals surface area contributed by atoms with Crippen LogP contribution >= 0.6 is 0 Å². The number of ether oxygens (including phenoxy) is 6. The van der Waals surface area contributed by atoms with E-state index in [0.29, 0.717) is 45.2 Å². The third-order valence-electron chi connectivity index (χ3n) is 9.20. The number of unbranched alkanes of at least 4 members (excludes halogenated alkanes) is 2. The first kappa shape index (κ1) is 42.3. The number of aliphatic hydroxyl groups is 2. The van der Waals surface area contributed by atoms with E-state index in [1.54, 1.807) is 9.80 Å². The number of nitrogens with one attached hydrogen (secondary N) is 2. The fraction of sp³-hybridized carbons (Fsp3) is 0.487. The van der Waals surface area contributed by atoms with Gasteiger partial charge in [0.05, 0.1) is 75.2 Å². The highest BCUT2D eigenvalue weighted by Crippen LogP contribution is 2.37. The number of hydrogen-bond donors (Lipinski definition) is 4. The van der Waals surface area contributed by atoms with Crippen molar-refractivity contribution >= 4 is 35.4 Å². The van der Waals surface area contributed by atoms with Crippen LogP contribution in [0.3, 0.4) is 0 Å². The predicted molar refractivity (Wildman–Crippen MR) is 203 cm³/mol. The molecule has 2 atom stereocenters. The Morgan fingerprint density at radius 1 is 0.691 bits per heavy atom. The molecule has 2 aliphatic rings. The first-order valence-corrected chi connectivity index (χ1v) is 18.3. The predicted octanol–water partition coefficient (Wildman–Crippen LogP) is 4.99. The Bertz CT molecular complexity index is 1550. The van der Waals surface area contributed by atoms with Crippen LogP contribution in [-0.2, 0) is 9.47 Å². The van der Waals surface area contributed by atoms with E-state index < -0.39 is 12.2 Å². The fourth-order valence-corrected chi connectivity index (χ4v) is 6.43. The monoisotopic (exact) mass is 768 g/mol. The van der Waals surface area contributed by atoms with Gasteiger partial charge >= 0.3 is 12.2 Å². The molecule has 300 valence electrons. The van der Waals surface area contributed by atoms with Crippen molar-refractivity contribution in [2.75, 3.05) is 77.6 Å². The number of carbonyl (C=O) groups is 4. The van der Waals surface area contributed by atoms with Crippen LogP contribution in [0.4, 0.5) is 21.0 Å². The molecular formula is C39H52N4O12. The molecule has 2 aromatic carbocycles. The first-order valence-electron chi connectivity index (χ1n) is 18.3. The van der Waals surface area contributed by atoms with Gasteiger partial charge in [0.1, 0.15) is 36.2 Å². The number of amides is 4. The van der Waals surface area contributed by atoms with Gasteiger partial charge in [0.2, 0.25) is 0 Å². The molecule has 55 heavy (non-hydrogen) atoms. The number of hydrogen-bond acceptors (Lipinski definition) is 12. The van der Waals surface area contributed by atoms with E-state index in [2.05, 4.69) is 23.8 Å². The molecule has 0 bridgehead atoms. The van der Waals surface area contributed by atoms with Crippen molar-refractivity contribution in [2.45, 2.75) is 57.0 Å². The fourth-order valence-electron chi connectivity index (χ4n) is 6.43. The SMILES string of the molecule is C=CCOC(=O)Nc1cc(C(=O)N2CCCC2CO)c(OC)cc1OCCCCCOc1cc(OC)c(C(=O)N2CCC[C@H]2CO)cc1NC(=O)OCC=C. The average molecular weight is 769 g/mol. The number of carbonyl (C=O) groups excluding carboxylic acids is 4. The van der Waals surface area contributed by atoms with Crippen molar-refractivity contribution < 1.29 is 57.8 Å². The van der Waals surface area contributed by atoms with E-state index in [0.717, 1.165) is 12.8 Å². The lowest BCUT2D eigenvalue weighted by Gasteiger charge is -2.25. The maximum atomic E-state index is 13.5. The van der Waals surface area contributed by atoms with Gasteiger partial charge in [0, 0.05) is 25.2 Å². The molecule has 4 rings (SSSR count). The maximum Gasteiger partial charge on any atom is 0.412 e. The molecule has 0 aromatic heterocycles. The van der Waals surface area contributed by atoms with Gasteiger partial charge in [-0.25, -0.2) is 9.59 Å². The second-order valence-corrected chi connectivity index (χ2v) is 12.8. The highest BCUT2D eigenvalue weighted by molar-refractivity contribution is 6.01. The van der Waals surface area contributed by atoms with Gasteiger partial charge in [0.15, 0.2) is 0 Å². The molecule has 2 fully saturated rings. The smallest absolute Gasteiger partial charge is 0.412 e. The highest BCUT2D eigenvalue weighted by atomic mass is 16.6. The number of anilines is 2. The molecule has 2 saturated heterocycles. The summed E-state index contributed by atoms with van der Waals surface area (Å²) in [5.74, 6) is 0.347. The van der Waals surface area contributed by atoms with Crippen LogP contribution in [0.2, 0.25) is 0 Å². The Labute approximate surface area is 320 Å². The number of methoxy groups -OCH3 is 2. The molecule has 0 spiro atoms. The largest absolute Gasteiger partial charge is 0.496 e. The van der Waals surface area contributed by atoms with Crippen molar-refractivity contribution in [3.05, 3.63) is 60.7 Å². The zero-order valence-corrected chi connectivity index (χ0v) is 31.5. The third-order valence-corrected chi connectivity index (χ3v) is 9.20. The Balaban J connectivity index is 1.42. The number of aliphatic hydroxyl groups excluding tert-OH is 2. The van der Waals surface area contributed by atoms with Crippen molar-refractivity contribution in [2.24, 2.45) is 0 Å². The summed E-state index contributed by atoms with van der Waals surface area (Å²) in [7, 11) is 2.86. The molecule has 1 unspecified atom stereocenters. The van der Waals surface area contributed by atoms with E-state index in [-0.39, 0.29) is 109 Å². The third kappa shape index (κ3) is 11.3. The summed E-state index contributed by atoms with van der Waals surface area (Å²) in [6.45, 7) is 8.20. The summed E-state index contributed by atoms with van der Waals surface area (Å²) in [4.78, 5) is 55.2. The minimum absolute atomic E-state index is 0.0202. The van der Waals surface area contributed by atoms with Crippen LogP contribution < -0.4 is 29.6 Å². The summed E-state index contributed by atoms with van der Waals surface area (Å²) in [5, 5.41) is 24.8. The zero-order chi connectivity index (χ0) is 39.7. The molecule has 0 aliphatic carbocycles. The molecule has 2 heterocycles. The van der Waals surface area contributed by atoms with Gasteiger partial charge in [0.25, 0.3) is 11.8 Å². The van der Waals surface area contributed by atoms with Gasteiger partial charge in [-0.15, -0.1) is 0 Å². The summed E-state index contributed by atoms with van der Waals surface area (Å²) >= 11 is 0. The molecule has 0 saturated carbocycles. The zero-order valence-electron chi connectivity index (χ0n) is 31.5. The molecular weight excluding hydrogens is 716 g/mol. The van der Waals surface area contributed by atoms with Crippen LogP contribution in [-0.4, -0.2) is 123 Å². The van der Waals surface area contributed by atoms with E-state index >= 15 is 0 Å². The lowest BCUT2D eigenvalue weighted by molar-refractivity contribution is 0.0668. The van der Waals surface area contributed by atoms with Gasteiger partial charge in [-0.1, -0.05) is 25.3 Å². The highest BCUT2D eigenvalue weighted by Gasteiger charge is 2.33. The van der Waals surface area contributed by atoms with Gasteiger partial charge in [-0.3, -0.25) is 20.2 Å². The summed E-state index contributed by atoms with van der Waals surface area (Å²) in [6, 6.07) is 5.42. The maximum absolute atomic E-state index is 13.5. The Morgan fingerprint density at radius 2 is 1.11 bits per heavy atom. The lowest BCUT2D eigenvalue weighted by atomic mass is 10.1. The van der Waals surface area contributed by atoms with Gasteiger partial charge in [-0.05, 0) is 57.1 Å². The molecule has 0 radical (unpaired) electrons. The van der Waals surface area contributed by atoms with E-state index in [1.807, 2.05) is 0 Å². The molecule has 2 aromatic rings. The van der Waals surface area contributed by atoms with Crippen LogP contribution in [0.25, 0.3) is 0 Å². The summed E-state index contributed by atoms with van der Waals surface area (Å²) < 4.78 is 33.4. The van der Waals surface area contributed by atoms with Crippen LogP contribution in [0.15, 0.2) is 49.6 Å². The molecule has 16 heteroatoms. The molecule has 16 nitrogen and oxygen atoms in total. The first-order chi connectivity index (χ1) is 26.7. The normalized spacial score (nSPS) is 16.2. The van der Waals surface area contributed by atoms with Crippen molar-refractivity contribution in [1.82, 2.24) is 9.80 Å². The van der Waals surface area contributed by atoms with Crippen LogP contribution in [0.5, 0.6) is 23.0 Å². The van der Waals surface area contributed by atoms with E-state index in [9.17, 15) is 29.4 Å². The summed E-state index contributed by atoms with van der Waals surface area (Å²) in [5.41, 5.74) is 0.822. The average Bonchev–Trinajstić information content (AvgIpc) is 3.89. The van der Waals surface area contributed by atoms with Crippen LogP contribution in [0.1, 0.15) is 65.7 Å². The minimum atomic E-state index is -0.762. The Hall–Kier alpha value is -5.48. The molecule has 4 amide bonds. The number of rotatable bonds is 20. The number of benzene rings is 2. The number of nitrogens with zero attached hydrogens (tertiary/aromatic N) is 2. The van der Waals surface area contributed by atoms with Crippen molar-refractivity contribution in [3.63, 3.8) is 0 Å². The van der Waals surface area contributed by atoms with Crippen molar-refractivity contribution in [3.8, 4) is 23.0 Å². The van der Waals surface area contributed by atoms with E-state index in [4.69, 9.17) is 28.4 Å². The Morgan fingerprint density at radius 3 is 1.47 bits per heavy atom. The lowest BCUT2D eigenvalue weighted by Crippen LogP contribution is -2.37. The van der Waals surface area contributed by atoms with E-state index in [1.165, 1.54) is 50.6 Å².